The summed E-state index contributed by atoms with van der Waals surface area (Å²) in [6, 6.07) is 1.41. The van der Waals surface area contributed by atoms with Gasteiger partial charge in [0, 0.05) is 0 Å². The van der Waals surface area contributed by atoms with Gasteiger partial charge in [0.25, 0.3) is 12.1 Å². The number of aromatic nitrogens is 1. The van der Waals surface area contributed by atoms with Crippen LogP contribution in [-0.4, -0.2) is 16.2 Å². The second-order valence-corrected chi connectivity index (χ2v) is 2.61. The average molecular weight is 227 g/mol. The van der Waals surface area contributed by atoms with E-state index in [1.807, 2.05) is 0 Å². The van der Waals surface area contributed by atoms with Crippen molar-refractivity contribution in [1.29, 1.82) is 5.26 Å². The largest absolute Gasteiger partial charge is 0.298 e. The molecule has 0 aliphatic rings. The summed E-state index contributed by atoms with van der Waals surface area (Å²) in [5, 5.41) is 18.9. The van der Waals surface area contributed by atoms with Crippen LogP contribution in [0.4, 0.5) is 14.5 Å². The fourth-order valence-electron chi connectivity index (χ4n) is 1.11. The Hall–Kier alpha value is -2.43. The van der Waals surface area contributed by atoms with Gasteiger partial charge in [0.05, 0.1) is 10.5 Å². The van der Waals surface area contributed by atoms with Crippen molar-refractivity contribution < 1.29 is 18.5 Å². The Morgan fingerprint density at radius 2 is 2.25 bits per heavy atom. The van der Waals surface area contributed by atoms with Crippen LogP contribution in [0, 0.1) is 21.4 Å². The highest BCUT2D eigenvalue weighted by Crippen LogP contribution is 2.31. The van der Waals surface area contributed by atoms with Crippen molar-refractivity contribution in [2.45, 2.75) is 6.43 Å². The van der Waals surface area contributed by atoms with Crippen LogP contribution in [0.5, 0.6) is 0 Å². The topological polar surface area (TPSA) is 96.9 Å². The number of hydrogen-bond donors (Lipinski definition) is 0. The number of carbonyl (C=O) groups is 1. The summed E-state index contributed by atoms with van der Waals surface area (Å²) >= 11 is 0. The average Bonchev–Trinajstić information content (AvgIpc) is 2.26. The van der Waals surface area contributed by atoms with Gasteiger partial charge in [-0.1, -0.05) is 0 Å². The van der Waals surface area contributed by atoms with Crippen molar-refractivity contribution in [2.75, 3.05) is 0 Å². The SMILES string of the molecule is N#Cc1ncc([N+](=O)[O-])c(C(F)F)c1C=O. The van der Waals surface area contributed by atoms with E-state index in [1.165, 1.54) is 6.07 Å². The van der Waals surface area contributed by atoms with E-state index in [0.717, 1.165) is 0 Å². The van der Waals surface area contributed by atoms with Crippen LogP contribution in [-0.2, 0) is 0 Å². The Kier molecular flexibility index (Phi) is 3.20. The zero-order chi connectivity index (χ0) is 12.3. The number of carbonyl (C=O) groups excluding carboxylic acids is 1. The third-order valence-electron chi connectivity index (χ3n) is 1.78. The van der Waals surface area contributed by atoms with E-state index in [2.05, 4.69) is 4.98 Å². The van der Waals surface area contributed by atoms with Gasteiger partial charge in [0.2, 0.25) is 0 Å². The summed E-state index contributed by atoms with van der Waals surface area (Å²) in [4.78, 5) is 23.2. The number of hydrogen-bond acceptors (Lipinski definition) is 5. The normalized spacial score (nSPS) is 9.88. The second kappa shape index (κ2) is 4.39. The molecule has 0 saturated carbocycles. The summed E-state index contributed by atoms with van der Waals surface area (Å²) in [6.45, 7) is 0. The van der Waals surface area contributed by atoms with Crippen molar-refractivity contribution in [2.24, 2.45) is 0 Å². The molecule has 16 heavy (non-hydrogen) atoms. The molecule has 0 fully saturated rings. The van der Waals surface area contributed by atoms with Crippen molar-refractivity contribution in [3.8, 4) is 6.07 Å². The van der Waals surface area contributed by atoms with E-state index in [4.69, 9.17) is 5.26 Å². The van der Waals surface area contributed by atoms with Crippen LogP contribution in [0.15, 0.2) is 6.20 Å². The maximum absolute atomic E-state index is 12.6. The number of pyridine rings is 1. The highest BCUT2D eigenvalue weighted by molar-refractivity contribution is 5.82. The number of alkyl halides is 2. The Morgan fingerprint density at radius 3 is 2.62 bits per heavy atom. The fourth-order valence-corrected chi connectivity index (χ4v) is 1.11. The lowest BCUT2D eigenvalue weighted by Crippen LogP contribution is -2.05. The van der Waals surface area contributed by atoms with Gasteiger partial charge in [-0.3, -0.25) is 14.9 Å². The van der Waals surface area contributed by atoms with Gasteiger partial charge in [-0.05, 0) is 0 Å². The van der Waals surface area contributed by atoms with Crippen molar-refractivity contribution >= 4 is 12.0 Å². The quantitative estimate of drug-likeness (QED) is 0.443. The predicted octanol–water partition coefficient (Wildman–Crippen LogP) is 1.61. The third kappa shape index (κ3) is 1.83. The third-order valence-corrected chi connectivity index (χ3v) is 1.78. The van der Waals surface area contributed by atoms with Gasteiger partial charge < -0.3 is 0 Å². The molecule has 0 aliphatic heterocycles. The number of nitrogens with zero attached hydrogens (tertiary/aromatic N) is 3. The van der Waals surface area contributed by atoms with Crippen molar-refractivity contribution in [3.05, 3.63) is 33.1 Å². The minimum atomic E-state index is -3.23. The van der Waals surface area contributed by atoms with Gasteiger partial charge in [-0.25, -0.2) is 13.8 Å². The molecule has 0 spiro atoms. The Bertz CT molecular complexity index is 496. The number of nitriles is 1. The first-order valence-corrected chi connectivity index (χ1v) is 3.83. The van der Waals surface area contributed by atoms with Crippen molar-refractivity contribution in [1.82, 2.24) is 4.98 Å². The lowest BCUT2D eigenvalue weighted by Gasteiger charge is -2.04. The van der Waals surface area contributed by atoms with Gasteiger partial charge in [0.15, 0.2) is 12.0 Å². The number of halogens is 2. The van der Waals surface area contributed by atoms with E-state index >= 15 is 0 Å². The fraction of sp³-hybridized carbons (Fsp3) is 0.125. The number of aldehydes is 1. The first kappa shape index (κ1) is 11.6. The van der Waals surface area contributed by atoms with Crippen LogP contribution in [0.3, 0.4) is 0 Å². The smallest absolute Gasteiger partial charge is 0.297 e. The second-order valence-electron chi connectivity index (χ2n) is 2.61. The summed E-state index contributed by atoms with van der Waals surface area (Å²) in [5.74, 6) is 0. The minimum absolute atomic E-state index is 0.0416. The molecule has 0 aromatic carbocycles. The van der Waals surface area contributed by atoms with Gasteiger partial charge in [-0.15, -0.1) is 0 Å². The highest BCUT2D eigenvalue weighted by atomic mass is 19.3. The van der Waals surface area contributed by atoms with E-state index in [0.29, 0.717) is 6.20 Å². The molecule has 6 nitrogen and oxygen atoms in total. The molecule has 0 N–H and O–H groups in total. The monoisotopic (exact) mass is 227 g/mol. The van der Waals surface area contributed by atoms with Crippen LogP contribution in [0.2, 0.25) is 0 Å². The number of nitro groups is 1. The maximum atomic E-state index is 12.6. The summed E-state index contributed by atoms with van der Waals surface area (Å²) in [6.07, 6.45) is -2.73. The summed E-state index contributed by atoms with van der Waals surface area (Å²) in [5.41, 5.74) is -3.36. The Balaban J connectivity index is 3.65. The molecular formula is C8H3F2N3O3. The molecule has 1 aromatic heterocycles. The highest BCUT2D eigenvalue weighted by Gasteiger charge is 2.28. The summed E-state index contributed by atoms with van der Waals surface area (Å²) < 4.78 is 25.1. The summed E-state index contributed by atoms with van der Waals surface area (Å²) in [7, 11) is 0. The van der Waals surface area contributed by atoms with Crippen LogP contribution in [0.25, 0.3) is 0 Å². The lowest BCUT2D eigenvalue weighted by molar-refractivity contribution is -0.386. The minimum Gasteiger partial charge on any atom is -0.298 e. The van der Waals surface area contributed by atoms with E-state index in [9.17, 15) is 23.7 Å². The van der Waals surface area contributed by atoms with Gasteiger partial charge >= 0.3 is 0 Å². The molecule has 1 rings (SSSR count). The number of rotatable bonds is 3. The molecule has 0 radical (unpaired) electrons. The van der Waals surface area contributed by atoms with Crippen molar-refractivity contribution in [3.63, 3.8) is 0 Å². The van der Waals surface area contributed by atoms with E-state index in [-0.39, 0.29) is 6.29 Å². The molecule has 1 heterocycles. The van der Waals surface area contributed by atoms with Crippen LogP contribution in [0.1, 0.15) is 28.0 Å². The molecule has 0 aliphatic carbocycles. The first-order chi connectivity index (χ1) is 7.52. The van der Waals surface area contributed by atoms with Crippen LogP contribution >= 0.6 is 0 Å². The molecular weight excluding hydrogens is 224 g/mol. The van der Waals surface area contributed by atoms with Gasteiger partial charge in [-0.2, -0.15) is 5.26 Å². The molecule has 0 amide bonds. The molecule has 8 heteroatoms. The Morgan fingerprint density at radius 1 is 1.62 bits per heavy atom. The van der Waals surface area contributed by atoms with E-state index < -0.39 is 33.9 Å². The first-order valence-electron chi connectivity index (χ1n) is 3.83. The standard InChI is InChI=1S/C8H3F2N3O3/c9-8(10)7-4(3-14)5(1-11)12-2-6(7)13(15)16/h2-3,8H. The molecule has 82 valence electrons. The molecule has 0 saturated heterocycles. The van der Waals surface area contributed by atoms with E-state index in [1.54, 1.807) is 0 Å². The molecule has 0 unspecified atom stereocenters. The molecule has 0 atom stereocenters. The zero-order valence-corrected chi connectivity index (χ0v) is 7.55. The zero-order valence-electron chi connectivity index (χ0n) is 7.55. The maximum Gasteiger partial charge on any atom is 0.297 e. The van der Waals surface area contributed by atoms with Gasteiger partial charge in [0.1, 0.15) is 17.8 Å². The molecule has 1 aromatic rings. The lowest BCUT2D eigenvalue weighted by atomic mass is 10.1. The predicted molar refractivity (Wildman–Crippen MR) is 46.0 cm³/mol. The van der Waals surface area contributed by atoms with Crippen LogP contribution < -0.4 is 0 Å². The molecule has 0 bridgehead atoms. The Labute approximate surface area is 87.3 Å².